The van der Waals surface area contributed by atoms with Crippen molar-refractivity contribution < 1.29 is 5.11 Å². The number of nitrogen functional groups attached to an aromatic ring is 1. The molecule has 0 bridgehead atoms. The topological polar surface area (TPSA) is 46.2 Å². The Balaban J connectivity index is 3.17. The first-order valence-corrected chi connectivity index (χ1v) is 2.75. The molecule has 0 aliphatic carbocycles. The summed E-state index contributed by atoms with van der Waals surface area (Å²) in [5.74, 6) is 0.296. The Kier molecular flexibility index (Phi) is 1.34. The lowest BCUT2D eigenvalue weighted by molar-refractivity contribution is 0.480. The summed E-state index contributed by atoms with van der Waals surface area (Å²) in [6, 6.07) is 4.99. The van der Waals surface area contributed by atoms with E-state index < -0.39 is 0 Å². The fourth-order valence-corrected chi connectivity index (χ4v) is 0.679. The minimum atomic E-state index is 0.296. The molecule has 3 N–H and O–H groups in total. The first-order valence-electron chi connectivity index (χ1n) is 2.75. The van der Waals surface area contributed by atoms with Crippen molar-refractivity contribution >= 4 is 19.0 Å². The van der Waals surface area contributed by atoms with Gasteiger partial charge in [-0.25, -0.2) is 0 Å². The van der Waals surface area contributed by atoms with Crippen LogP contribution in [-0.4, -0.2) is 13.0 Å². The van der Waals surface area contributed by atoms with Crippen LogP contribution in [0.5, 0.6) is 5.75 Å². The molecule has 3 heteroatoms. The number of nitrogens with two attached hydrogens (primary N) is 1. The predicted molar refractivity (Wildman–Crippen MR) is 40.7 cm³/mol. The van der Waals surface area contributed by atoms with Gasteiger partial charge in [0.2, 0.25) is 0 Å². The molecule has 0 aliphatic rings. The lowest BCUT2D eigenvalue weighted by atomic mass is 9.95. The number of phenols is 1. The summed E-state index contributed by atoms with van der Waals surface area (Å²) < 4.78 is 0. The van der Waals surface area contributed by atoms with E-state index in [0.717, 1.165) is 5.46 Å². The van der Waals surface area contributed by atoms with Gasteiger partial charge in [0.1, 0.15) is 13.6 Å². The minimum absolute atomic E-state index is 0.296. The molecule has 0 radical (unpaired) electrons. The SMILES string of the molecule is Bc1cc(N)ccc1O. The van der Waals surface area contributed by atoms with Crippen LogP contribution in [-0.2, 0) is 0 Å². The van der Waals surface area contributed by atoms with Crippen molar-refractivity contribution in [3.05, 3.63) is 18.2 Å². The van der Waals surface area contributed by atoms with Crippen molar-refractivity contribution in [2.24, 2.45) is 0 Å². The van der Waals surface area contributed by atoms with Crippen LogP contribution >= 0.6 is 0 Å². The zero-order chi connectivity index (χ0) is 6.85. The monoisotopic (exact) mass is 121 g/mol. The molecular weight excluding hydrogens is 113 g/mol. The standard InChI is InChI=1S/C6H8BNO/c7-5-3-4(8)1-2-6(5)9/h1-3,9H,7-8H2. The van der Waals surface area contributed by atoms with Gasteiger partial charge >= 0.3 is 0 Å². The van der Waals surface area contributed by atoms with Crippen LogP contribution < -0.4 is 11.2 Å². The smallest absolute Gasteiger partial charge is 0.144 e. The van der Waals surface area contributed by atoms with Gasteiger partial charge in [0.15, 0.2) is 0 Å². The van der Waals surface area contributed by atoms with E-state index in [-0.39, 0.29) is 0 Å². The van der Waals surface area contributed by atoms with Gasteiger partial charge < -0.3 is 10.8 Å². The van der Waals surface area contributed by atoms with Crippen LogP contribution in [0.15, 0.2) is 18.2 Å². The number of anilines is 1. The van der Waals surface area contributed by atoms with Gasteiger partial charge in [-0.2, -0.15) is 0 Å². The molecule has 0 aromatic heterocycles. The second kappa shape index (κ2) is 2.01. The van der Waals surface area contributed by atoms with Gasteiger partial charge in [-0.3, -0.25) is 0 Å². The van der Waals surface area contributed by atoms with Crippen molar-refractivity contribution in [2.75, 3.05) is 5.73 Å². The first kappa shape index (κ1) is 6.01. The van der Waals surface area contributed by atoms with Gasteiger partial charge in [-0.1, -0.05) is 0 Å². The first-order chi connectivity index (χ1) is 4.20. The van der Waals surface area contributed by atoms with Gasteiger partial charge in [0.05, 0.1) is 0 Å². The Hall–Kier alpha value is -1.12. The van der Waals surface area contributed by atoms with E-state index >= 15 is 0 Å². The molecule has 0 fully saturated rings. The molecule has 1 aromatic rings. The number of aromatic hydroxyl groups is 1. The Morgan fingerprint density at radius 3 is 2.56 bits per heavy atom. The predicted octanol–water partition coefficient (Wildman–Crippen LogP) is -0.767. The number of hydrogen-bond donors (Lipinski definition) is 2. The number of phenolic OH excluding ortho intramolecular Hbond substituents is 1. The summed E-state index contributed by atoms with van der Waals surface area (Å²) in [4.78, 5) is 0. The number of benzene rings is 1. The molecule has 0 spiro atoms. The molecule has 0 heterocycles. The van der Waals surface area contributed by atoms with Gasteiger partial charge in [-0.15, -0.1) is 0 Å². The Morgan fingerprint density at radius 1 is 1.44 bits per heavy atom. The van der Waals surface area contributed by atoms with Crippen molar-refractivity contribution in [3.8, 4) is 5.75 Å². The van der Waals surface area contributed by atoms with Crippen molar-refractivity contribution in [1.82, 2.24) is 0 Å². The second-order valence-corrected chi connectivity index (χ2v) is 2.05. The fourth-order valence-electron chi connectivity index (χ4n) is 0.679. The molecule has 46 valence electrons. The van der Waals surface area contributed by atoms with Crippen LogP contribution in [0.1, 0.15) is 0 Å². The molecule has 9 heavy (non-hydrogen) atoms. The molecule has 0 aliphatic heterocycles. The molecule has 0 atom stereocenters. The summed E-state index contributed by atoms with van der Waals surface area (Å²) in [6.45, 7) is 0. The van der Waals surface area contributed by atoms with Crippen LogP contribution in [0.25, 0.3) is 0 Å². The van der Waals surface area contributed by atoms with E-state index in [1.807, 2.05) is 7.85 Å². The van der Waals surface area contributed by atoms with Crippen molar-refractivity contribution in [3.63, 3.8) is 0 Å². The maximum Gasteiger partial charge on any atom is 0.144 e. The minimum Gasteiger partial charge on any atom is -0.509 e. The third-order valence-electron chi connectivity index (χ3n) is 1.22. The summed E-state index contributed by atoms with van der Waals surface area (Å²) in [5.41, 5.74) is 6.92. The molecule has 0 unspecified atom stereocenters. The fraction of sp³-hybridized carbons (Fsp3) is 0. The highest BCUT2D eigenvalue weighted by atomic mass is 16.3. The highest BCUT2D eigenvalue weighted by Gasteiger charge is 1.92. The average Bonchev–Trinajstić information content (AvgIpc) is 1.80. The van der Waals surface area contributed by atoms with Crippen molar-refractivity contribution in [2.45, 2.75) is 0 Å². The maximum atomic E-state index is 8.99. The molecular formula is C6H8BNO. The average molecular weight is 121 g/mol. The van der Waals surface area contributed by atoms with Crippen LogP contribution in [0.4, 0.5) is 5.69 Å². The van der Waals surface area contributed by atoms with E-state index in [0.29, 0.717) is 11.4 Å². The summed E-state index contributed by atoms with van der Waals surface area (Å²) in [6.07, 6.45) is 0. The van der Waals surface area contributed by atoms with E-state index in [1.165, 1.54) is 0 Å². The second-order valence-electron chi connectivity index (χ2n) is 2.05. The van der Waals surface area contributed by atoms with E-state index in [9.17, 15) is 0 Å². The highest BCUT2D eigenvalue weighted by molar-refractivity contribution is 6.34. The normalized spacial score (nSPS) is 9.33. The lowest BCUT2D eigenvalue weighted by Gasteiger charge is -1.97. The molecule has 2 nitrogen and oxygen atoms in total. The Bertz CT molecular complexity index is 224. The zero-order valence-electron chi connectivity index (χ0n) is 5.26. The van der Waals surface area contributed by atoms with Gasteiger partial charge in [0, 0.05) is 5.69 Å². The van der Waals surface area contributed by atoms with Gasteiger partial charge in [-0.05, 0) is 23.7 Å². The van der Waals surface area contributed by atoms with Crippen LogP contribution in [0.2, 0.25) is 0 Å². The quantitative estimate of drug-likeness (QED) is 0.269. The highest BCUT2D eigenvalue weighted by Crippen LogP contribution is 2.06. The number of hydrogen-bond acceptors (Lipinski definition) is 2. The third kappa shape index (κ3) is 1.16. The van der Waals surface area contributed by atoms with Crippen LogP contribution in [0, 0.1) is 0 Å². The van der Waals surface area contributed by atoms with Crippen LogP contribution in [0.3, 0.4) is 0 Å². The molecule has 0 amide bonds. The van der Waals surface area contributed by atoms with E-state index in [4.69, 9.17) is 10.8 Å². The molecule has 0 saturated carbocycles. The third-order valence-corrected chi connectivity index (χ3v) is 1.22. The maximum absolute atomic E-state index is 8.99. The van der Waals surface area contributed by atoms with E-state index in [1.54, 1.807) is 18.2 Å². The summed E-state index contributed by atoms with van der Waals surface area (Å²) in [7, 11) is 1.81. The summed E-state index contributed by atoms with van der Waals surface area (Å²) >= 11 is 0. The summed E-state index contributed by atoms with van der Waals surface area (Å²) in [5, 5.41) is 8.99. The zero-order valence-corrected chi connectivity index (χ0v) is 5.26. The molecule has 0 saturated heterocycles. The molecule has 1 aromatic carbocycles. The lowest BCUT2D eigenvalue weighted by Crippen LogP contribution is -2.03. The Morgan fingerprint density at radius 2 is 2.11 bits per heavy atom. The molecule has 1 rings (SSSR count). The number of rotatable bonds is 0. The van der Waals surface area contributed by atoms with Gasteiger partial charge in [0.25, 0.3) is 0 Å². The Labute approximate surface area is 54.7 Å². The van der Waals surface area contributed by atoms with E-state index in [2.05, 4.69) is 0 Å². The van der Waals surface area contributed by atoms with Crippen molar-refractivity contribution in [1.29, 1.82) is 0 Å². The largest absolute Gasteiger partial charge is 0.509 e.